The van der Waals surface area contributed by atoms with Gasteiger partial charge in [0.15, 0.2) is 0 Å². The molecule has 0 radical (unpaired) electrons. The normalized spacial score (nSPS) is 15.0. The lowest BCUT2D eigenvalue weighted by molar-refractivity contribution is 0.0690. The summed E-state index contributed by atoms with van der Waals surface area (Å²) in [6, 6.07) is 11.4. The molecule has 0 spiro atoms. The summed E-state index contributed by atoms with van der Waals surface area (Å²) in [5.74, 6) is -0.136. The topological polar surface area (TPSA) is 59.4 Å². The smallest absolute Gasteiger partial charge is 0.354 e. The molecule has 1 aliphatic heterocycles. The summed E-state index contributed by atoms with van der Waals surface area (Å²) < 4.78 is 6.42. The van der Waals surface area contributed by atoms with E-state index in [2.05, 4.69) is 24.9 Å². The molecule has 4 heteroatoms. The predicted octanol–water partition coefficient (Wildman–Crippen LogP) is 4.94. The second kappa shape index (κ2) is 7.09. The molecule has 0 aliphatic carbocycles. The Labute approximate surface area is 148 Å². The second-order valence-electron chi connectivity index (χ2n) is 6.46. The maximum absolute atomic E-state index is 11.1. The van der Waals surface area contributed by atoms with Crippen LogP contribution in [0.3, 0.4) is 0 Å². The molecular weight excluding hydrogens is 314 g/mol. The number of hydrogen-bond donors (Lipinski definition) is 1. The molecule has 3 rings (SSSR count). The number of aromatic nitrogens is 1. The molecule has 0 amide bonds. The van der Waals surface area contributed by atoms with Crippen molar-refractivity contribution in [3.63, 3.8) is 0 Å². The molecule has 1 N–H and O–H groups in total. The summed E-state index contributed by atoms with van der Waals surface area (Å²) in [4.78, 5) is 15.1. The van der Waals surface area contributed by atoms with Crippen LogP contribution in [0.4, 0.5) is 0 Å². The lowest BCUT2D eigenvalue weighted by atomic mass is 9.84. The number of pyridine rings is 1. The SMILES string of the molecule is CCCC1(CCC)C=C(c2ccc(C(=O)O)nc2)c2ccccc2O1. The number of benzene rings is 1. The van der Waals surface area contributed by atoms with E-state index in [9.17, 15) is 4.79 Å². The predicted molar refractivity (Wildman–Crippen MR) is 97.9 cm³/mol. The summed E-state index contributed by atoms with van der Waals surface area (Å²) in [6.45, 7) is 4.33. The van der Waals surface area contributed by atoms with Crippen LogP contribution in [-0.4, -0.2) is 21.7 Å². The molecule has 0 saturated heterocycles. The molecule has 1 aromatic heterocycles. The van der Waals surface area contributed by atoms with Gasteiger partial charge in [0.25, 0.3) is 0 Å². The van der Waals surface area contributed by atoms with Crippen molar-refractivity contribution in [2.24, 2.45) is 0 Å². The lowest BCUT2D eigenvalue weighted by Gasteiger charge is -2.37. The standard InChI is InChI=1S/C21H23NO3/c1-3-11-21(12-4-2)13-17(16-7-5-6-8-19(16)25-21)15-9-10-18(20(23)24)22-14-15/h5-10,13-14H,3-4,11-12H2,1-2H3,(H,23,24). The van der Waals surface area contributed by atoms with Gasteiger partial charge in [-0.2, -0.15) is 0 Å². The Kier molecular flexibility index (Phi) is 4.88. The molecule has 25 heavy (non-hydrogen) atoms. The van der Waals surface area contributed by atoms with Gasteiger partial charge < -0.3 is 9.84 Å². The van der Waals surface area contributed by atoms with Crippen LogP contribution < -0.4 is 4.74 Å². The summed E-state index contributed by atoms with van der Waals surface area (Å²) in [6.07, 6.45) is 7.79. The Bertz CT molecular complexity index is 787. The monoisotopic (exact) mass is 337 g/mol. The Balaban J connectivity index is 2.11. The number of carboxylic acids is 1. The number of aromatic carboxylic acids is 1. The number of ether oxygens (including phenoxy) is 1. The number of carbonyl (C=O) groups is 1. The van der Waals surface area contributed by atoms with Crippen LogP contribution in [0, 0.1) is 0 Å². The van der Waals surface area contributed by atoms with Crippen molar-refractivity contribution in [2.75, 3.05) is 0 Å². The van der Waals surface area contributed by atoms with Gasteiger partial charge in [-0.25, -0.2) is 9.78 Å². The van der Waals surface area contributed by atoms with E-state index in [1.54, 1.807) is 12.3 Å². The Hall–Kier alpha value is -2.62. The first-order chi connectivity index (χ1) is 12.1. The van der Waals surface area contributed by atoms with Gasteiger partial charge in [0.05, 0.1) is 0 Å². The Morgan fingerprint density at radius 3 is 2.44 bits per heavy atom. The molecule has 0 fully saturated rings. The van der Waals surface area contributed by atoms with E-state index in [0.29, 0.717) is 0 Å². The first kappa shape index (κ1) is 17.2. The van der Waals surface area contributed by atoms with Gasteiger partial charge in [-0.3, -0.25) is 0 Å². The van der Waals surface area contributed by atoms with Crippen molar-refractivity contribution in [3.05, 3.63) is 65.5 Å². The number of rotatable bonds is 6. The fraction of sp³-hybridized carbons (Fsp3) is 0.333. The van der Waals surface area contributed by atoms with E-state index in [0.717, 1.165) is 48.1 Å². The minimum Gasteiger partial charge on any atom is -0.483 e. The zero-order valence-corrected chi connectivity index (χ0v) is 14.7. The van der Waals surface area contributed by atoms with Crippen LogP contribution in [0.5, 0.6) is 5.75 Å². The summed E-state index contributed by atoms with van der Waals surface area (Å²) >= 11 is 0. The number of hydrogen-bond acceptors (Lipinski definition) is 3. The quantitative estimate of drug-likeness (QED) is 0.811. The maximum Gasteiger partial charge on any atom is 0.354 e. The van der Waals surface area contributed by atoms with Gasteiger partial charge in [-0.05, 0) is 36.6 Å². The van der Waals surface area contributed by atoms with Crippen LogP contribution in [-0.2, 0) is 0 Å². The molecule has 4 nitrogen and oxygen atoms in total. The Morgan fingerprint density at radius 1 is 1.12 bits per heavy atom. The molecule has 1 aromatic carbocycles. The van der Waals surface area contributed by atoms with Crippen molar-refractivity contribution in [1.82, 2.24) is 4.98 Å². The van der Waals surface area contributed by atoms with E-state index in [1.165, 1.54) is 0 Å². The van der Waals surface area contributed by atoms with Crippen molar-refractivity contribution >= 4 is 11.5 Å². The summed E-state index contributed by atoms with van der Waals surface area (Å²) in [5, 5.41) is 9.07. The average Bonchev–Trinajstić information content (AvgIpc) is 2.61. The number of fused-ring (bicyclic) bond motifs is 1. The third-order valence-electron chi connectivity index (χ3n) is 4.54. The van der Waals surface area contributed by atoms with Crippen molar-refractivity contribution < 1.29 is 14.6 Å². The molecule has 0 bridgehead atoms. The highest BCUT2D eigenvalue weighted by atomic mass is 16.5. The highest BCUT2D eigenvalue weighted by Gasteiger charge is 2.34. The molecule has 0 atom stereocenters. The van der Waals surface area contributed by atoms with E-state index in [-0.39, 0.29) is 11.3 Å². The van der Waals surface area contributed by atoms with E-state index in [1.807, 2.05) is 30.3 Å². The third-order valence-corrected chi connectivity index (χ3v) is 4.54. The van der Waals surface area contributed by atoms with Crippen LogP contribution in [0.1, 0.15) is 61.1 Å². The third kappa shape index (κ3) is 3.43. The largest absolute Gasteiger partial charge is 0.483 e. The number of carboxylic acid groups (broad SMARTS) is 1. The maximum atomic E-state index is 11.1. The molecular formula is C21H23NO3. The number of nitrogens with zero attached hydrogens (tertiary/aromatic N) is 1. The zero-order chi connectivity index (χ0) is 17.9. The van der Waals surface area contributed by atoms with E-state index in [4.69, 9.17) is 9.84 Å². The highest BCUT2D eigenvalue weighted by molar-refractivity contribution is 5.87. The fourth-order valence-electron chi connectivity index (χ4n) is 3.50. The van der Waals surface area contributed by atoms with Crippen LogP contribution in [0.25, 0.3) is 5.57 Å². The van der Waals surface area contributed by atoms with Crippen LogP contribution in [0.2, 0.25) is 0 Å². The zero-order valence-electron chi connectivity index (χ0n) is 14.7. The van der Waals surface area contributed by atoms with Gasteiger partial charge in [0.1, 0.15) is 17.0 Å². The lowest BCUT2D eigenvalue weighted by Crippen LogP contribution is -2.36. The molecule has 2 aromatic rings. The molecule has 130 valence electrons. The molecule has 1 aliphatic rings. The van der Waals surface area contributed by atoms with Gasteiger partial charge in [-0.15, -0.1) is 0 Å². The summed E-state index contributed by atoms with van der Waals surface area (Å²) in [5.41, 5.74) is 2.73. The average molecular weight is 337 g/mol. The molecule has 0 saturated carbocycles. The van der Waals surface area contributed by atoms with Gasteiger partial charge in [0, 0.05) is 17.3 Å². The van der Waals surface area contributed by atoms with Gasteiger partial charge in [-0.1, -0.05) is 51.0 Å². The minimum absolute atomic E-state index is 0.0538. The minimum atomic E-state index is -1.01. The van der Waals surface area contributed by atoms with Crippen molar-refractivity contribution in [2.45, 2.75) is 45.1 Å². The first-order valence-electron chi connectivity index (χ1n) is 8.79. The second-order valence-corrected chi connectivity index (χ2v) is 6.46. The Morgan fingerprint density at radius 2 is 1.84 bits per heavy atom. The van der Waals surface area contributed by atoms with Gasteiger partial charge >= 0.3 is 5.97 Å². The van der Waals surface area contributed by atoms with Gasteiger partial charge in [0.2, 0.25) is 0 Å². The van der Waals surface area contributed by atoms with E-state index >= 15 is 0 Å². The van der Waals surface area contributed by atoms with Crippen molar-refractivity contribution in [1.29, 1.82) is 0 Å². The fourth-order valence-corrected chi connectivity index (χ4v) is 3.50. The van der Waals surface area contributed by atoms with Crippen molar-refractivity contribution in [3.8, 4) is 5.75 Å². The highest BCUT2D eigenvalue weighted by Crippen LogP contribution is 2.42. The summed E-state index contributed by atoms with van der Waals surface area (Å²) in [7, 11) is 0. The van der Waals surface area contributed by atoms with Crippen LogP contribution in [0.15, 0.2) is 48.7 Å². The molecule has 2 heterocycles. The molecule has 0 unspecified atom stereocenters. The first-order valence-corrected chi connectivity index (χ1v) is 8.79. The van der Waals surface area contributed by atoms with E-state index < -0.39 is 5.97 Å². The number of para-hydroxylation sites is 1. The van der Waals surface area contributed by atoms with Crippen LogP contribution >= 0.6 is 0 Å².